The Morgan fingerprint density at radius 3 is 2.06 bits per heavy atom. The average molecular weight is 675 g/mol. The molecule has 13 heteroatoms. The zero-order valence-corrected chi connectivity index (χ0v) is 26.7. The van der Waals surface area contributed by atoms with Gasteiger partial charge >= 0.3 is 12.1 Å². The maximum absolute atomic E-state index is 13.6. The highest BCUT2D eigenvalue weighted by molar-refractivity contribution is 5.96. The lowest BCUT2D eigenvalue weighted by Crippen LogP contribution is -3.12. The van der Waals surface area contributed by atoms with Gasteiger partial charge in [-0.1, -0.05) is 24.3 Å². The molecular weight excluding hydrogens is 636 g/mol. The Labute approximate surface area is 275 Å². The molecule has 2 saturated heterocycles. The van der Waals surface area contributed by atoms with Crippen LogP contribution in [-0.4, -0.2) is 62.0 Å². The molecule has 2 N–H and O–H groups in total. The number of rotatable bonds is 10. The molecular formula is C35H38F4N2O7. The smallest absolute Gasteiger partial charge is 0.430 e. The molecule has 0 saturated carbocycles. The van der Waals surface area contributed by atoms with Crippen molar-refractivity contribution in [3.63, 3.8) is 0 Å². The van der Waals surface area contributed by atoms with Gasteiger partial charge in [0.15, 0.2) is 0 Å². The Bertz CT molecular complexity index is 1580. The van der Waals surface area contributed by atoms with Crippen LogP contribution >= 0.6 is 0 Å². The molecule has 3 aromatic rings. The quantitative estimate of drug-likeness (QED) is 0.314. The minimum Gasteiger partial charge on any atom is -0.542 e. The zero-order chi connectivity index (χ0) is 35.1. The van der Waals surface area contributed by atoms with Gasteiger partial charge in [-0.2, -0.15) is 13.2 Å². The van der Waals surface area contributed by atoms with Gasteiger partial charge in [-0.25, -0.2) is 4.39 Å². The van der Waals surface area contributed by atoms with E-state index in [0.29, 0.717) is 31.7 Å². The van der Waals surface area contributed by atoms with Crippen LogP contribution in [0.4, 0.5) is 23.2 Å². The van der Waals surface area contributed by atoms with E-state index in [9.17, 15) is 27.2 Å². The SMILES string of the molecule is CCOc1cc(C[NH+]2CCC3(CC2)CC(=O)N(c2cccc(CC(=O)O)c2)C3)cc(OCC)c1-c1ccc(F)cc1.O=C([O-])C(F)(F)F. The predicted octanol–water partition coefficient (Wildman–Crippen LogP) is 3.82. The van der Waals surface area contributed by atoms with Crippen LogP contribution in [0, 0.1) is 11.2 Å². The van der Waals surface area contributed by atoms with Gasteiger partial charge in [-0.3, -0.25) is 9.59 Å². The number of nitrogens with one attached hydrogen (secondary N) is 1. The molecule has 1 spiro atoms. The number of amides is 1. The summed E-state index contributed by atoms with van der Waals surface area (Å²) in [6, 6.07) is 17.9. The van der Waals surface area contributed by atoms with Gasteiger partial charge in [-0.05, 0) is 61.4 Å². The number of halogens is 4. The lowest BCUT2D eigenvalue weighted by atomic mass is 9.77. The van der Waals surface area contributed by atoms with Crippen LogP contribution < -0.4 is 24.4 Å². The van der Waals surface area contributed by atoms with Crippen molar-refractivity contribution in [1.82, 2.24) is 0 Å². The summed E-state index contributed by atoms with van der Waals surface area (Å²) >= 11 is 0. The molecule has 2 aliphatic rings. The van der Waals surface area contributed by atoms with Crippen molar-refractivity contribution in [2.45, 2.75) is 52.3 Å². The van der Waals surface area contributed by atoms with Gasteiger partial charge < -0.3 is 34.3 Å². The third kappa shape index (κ3) is 9.24. The fourth-order valence-electron chi connectivity index (χ4n) is 6.26. The lowest BCUT2D eigenvalue weighted by molar-refractivity contribution is -0.921. The number of carbonyl (C=O) groups excluding carboxylic acids is 2. The standard InChI is InChI=1S/C33H37FN2O5.C2HF3O2/c1-3-40-28-17-24(18-29(41-4-2)32(28)25-8-10-26(34)11-9-25)21-35-14-12-33(13-15-35)20-30(37)36(22-33)27-7-5-6-23(16-27)19-31(38)39;3-2(4,5)1(6)7/h5-11,16-18H,3-4,12-15,19-22H2,1-2H3,(H,38,39);(H,6,7). The minimum absolute atomic E-state index is 0.0528. The van der Waals surface area contributed by atoms with Crippen LogP contribution in [0.15, 0.2) is 60.7 Å². The summed E-state index contributed by atoms with van der Waals surface area (Å²) in [4.78, 5) is 36.3. The van der Waals surface area contributed by atoms with E-state index in [-0.39, 0.29) is 23.6 Å². The molecule has 0 aliphatic carbocycles. The molecule has 0 atom stereocenters. The monoisotopic (exact) mass is 674 g/mol. The van der Waals surface area contributed by atoms with Crippen LogP contribution in [0.2, 0.25) is 0 Å². The van der Waals surface area contributed by atoms with Crippen molar-refractivity contribution in [2.75, 3.05) is 37.7 Å². The van der Waals surface area contributed by atoms with Crippen LogP contribution in [0.5, 0.6) is 11.5 Å². The molecule has 9 nitrogen and oxygen atoms in total. The third-order valence-electron chi connectivity index (χ3n) is 8.46. The zero-order valence-electron chi connectivity index (χ0n) is 26.7. The van der Waals surface area contributed by atoms with E-state index in [0.717, 1.165) is 66.4 Å². The molecule has 48 heavy (non-hydrogen) atoms. The molecule has 0 aromatic heterocycles. The van der Waals surface area contributed by atoms with E-state index in [1.807, 2.05) is 36.9 Å². The van der Waals surface area contributed by atoms with Crippen molar-refractivity contribution in [1.29, 1.82) is 0 Å². The summed E-state index contributed by atoms with van der Waals surface area (Å²) in [6.45, 7) is 8.30. The Morgan fingerprint density at radius 2 is 1.54 bits per heavy atom. The van der Waals surface area contributed by atoms with Crippen molar-refractivity contribution < 1.29 is 56.5 Å². The van der Waals surface area contributed by atoms with E-state index in [4.69, 9.17) is 24.5 Å². The number of piperidine rings is 1. The fraction of sp³-hybridized carbons (Fsp3) is 0.400. The molecule has 5 rings (SSSR count). The maximum atomic E-state index is 13.6. The first-order chi connectivity index (χ1) is 22.7. The van der Waals surface area contributed by atoms with Gasteiger partial charge in [0.2, 0.25) is 5.91 Å². The van der Waals surface area contributed by atoms with Crippen LogP contribution in [0.3, 0.4) is 0 Å². The average Bonchev–Trinajstić information content (AvgIpc) is 3.34. The summed E-state index contributed by atoms with van der Waals surface area (Å²) in [7, 11) is 0. The number of likely N-dealkylation sites (tertiary alicyclic amines) is 1. The number of hydrogen-bond donors (Lipinski definition) is 2. The van der Waals surface area contributed by atoms with E-state index in [1.165, 1.54) is 17.0 Å². The number of carbonyl (C=O) groups is 3. The highest BCUT2D eigenvalue weighted by Gasteiger charge is 2.46. The Kier molecular flexibility index (Phi) is 11.7. The summed E-state index contributed by atoms with van der Waals surface area (Å²) in [5.41, 5.74) is 4.24. The van der Waals surface area contributed by atoms with E-state index < -0.39 is 18.1 Å². The van der Waals surface area contributed by atoms with E-state index in [1.54, 1.807) is 18.2 Å². The first kappa shape index (κ1) is 36.2. The minimum atomic E-state index is -5.19. The van der Waals surface area contributed by atoms with Crippen LogP contribution in [0.1, 0.15) is 44.2 Å². The number of ether oxygens (including phenoxy) is 2. The predicted molar refractivity (Wildman–Crippen MR) is 166 cm³/mol. The number of hydrogen-bond acceptors (Lipinski definition) is 6. The van der Waals surface area contributed by atoms with Gasteiger partial charge in [0, 0.05) is 42.5 Å². The first-order valence-electron chi connectivity index (χ1n) is 15.6. The lowest BCUT2D eigenvalue weighted by Gasteiger charge is -2.36. The summed E-state index contributed by atoms with van der Waals surface area (Å²) in [6.07, 6.45) is -2.83. The molecule has 2 fully saturated rings. The van der Waals surface area contributed by atoms with Crippen molar-refractivity contribution >= 4 is 23.5 Å². The third-order valence-corrected chi connectivity index (χ3v) is 8.46. The molecule has 0 bridgehead atoms. The van der Waals surface area contributed by atoms with Crippen LogP contribution in [-0.2, 0) is 27.3 Å². The van der Waals surface area contributed by atoms with Gasteiger partial charge in [0.1, 0.15) is 29.8 Å². The largest absolute Gasteiger partial charge is 0.542 e. The van der Waals surface area contributed by atoms with Crippen molar-refractivity contribution in [3.8, 4) is 22.6 Å². The second-order valence-electron chi connectivity index (χ2n) is 11.9. The molecule has 2 heterocycles. The van der Waals surface area contributed by atoms with Crippen molar-refractivity contribution in [2.24, 2.45) is 5.41 Å². The first-order valence-corrected chi connectivity index (χ1v) is 15.6. The number of quaternary nitrogens is 1. The Hall–Kier alpha value is -4.65. The topological polar surface area (TPSA) is 121 Å². The van der Waals surface area contributed by atoms with E-state index in [2.05, 4.69) is 12.1 Å². The second-order valence-corrected chi connectivity index (χ2v) is 11.9. The van der Waals surface area contributed by atoms with Crippen LogP contribution in [0.25, 0.3) is 11.1 Å². The Morgan fingerprint density at radius 1 is 0.958 bits per heavy atom. The molecule has 0 radical (unpaired) electrons. The van der Waals surface area contributed by atoms with E-state index >= 15 is 0 Å². The molecule has 1 amide bonds. The van der Waals surface area contributed by atoms with Gasteiger partial charge in [0.25, 0.3) is 0 Å². The maximum Gasteiger partial charge on any atom is 0.430 e. The summed E-state index contributed by atoms with van der Waals surface area (Å²) in [5, 5.41) is 17.9. The second kappa shape index (κ2) is 15.5. The number of benzene rings is 3. The number of nitrogens with zero attached hydrogens (tertiary/aromatic N) is 1. The Balaban J connectivity index is 0.000000671. The number of carboxylic acid groups (broad SMARTS) is 2. The summed E-state index contributed by atoms with van der Waals surface area (Å²) < 4.78 is 57.3. The fourth-order valence-corrected chi connectivity index (χ4v) is 6.26. The van der Waals surface area contributed by atoms with Gasteiger partial charge in [-0.15, -0.1) is 0 Å². The van der Waals surface area contributed by atoms with Gasteiger partial charge in [0.05, 0.1) is 38.3 Å². The molecule has 3 aromatic carbocycles. The highest BCUT2D eigenvalue weighted by Crippen LogP contribution is 2.42. The highest BCUT2D eigenvalue weighted by atomic mass is 19.4. The number of anilines is 1. The molecule has 0 unspecified atom stereocenters. The normalized spacial score (nSPS) is 19.1. The molecule has 258 valence electrons. The number of aliphatic carboxylic acids is 2. The summed E-state index contributed by atoms with van der Waals surface area (Å²) in [5.74, 6) is -2.60. The number of alkyl halides is 3. The molecule has 2 aliphatic heterocycles. The number of carboxylic acids is 2. The van der Waals surface area contributed by atoms with Crippen molar-refractivity contribution in [3.05, 3.63) is 77.6 Å².